The van der Waals surface area contributed by atoms with Gasteiger partial charge >= 0.3 is 5.97 Å². The van der Waals surface area contributed by atoms with Crippen LogP contribution in [0.15, 0.2) is 0 Å². The van der Waals surface area contributed by atoms with Crippen molar-refractivity contribution < 1.29 is 14.7 Å². The van der Waals surface area contributed by atoms with Crippen LogP contribution < -0.4 is 5.73 Å². The lowest BCUT2D eigenvalue weighted by Crippen LogP contribution is -2.47. The first-order valence-corrected chi connectivity index (χ1v) is 7.03. The van der Waals surface area contributed by atoms with Gasteiger partial charge in [-0.15, -0.1) is 11.8 Å². The fourth-order valence-corrected chi connectivity index (χ4v) is 3.62. The Labute approximate surface area is 105 Å². The van der Waals surface area contributed by atoms with Gasteiger partial charge in [0.05, 0.1) is 5.88 Å². The Morgan fingerprint density at radius 3 is 2.65 bits per heavy atom. The monoisotopic (exact) mass is 258 g/mol. The first kappa shape index (κ1) is 12.7. The van der Waals surface area contributed by atoms with Crippen molar-refractivity contribution >= 4 is 23.6 Å². The van der Waals surface area contributed by atoms with Crippen molar-refractivity contribution in [3.63, 3.8) is 0 Å². The summed E-state index contributed by atoms with van der Waals surface area (Å²) in [6, 6.07) is -0.651. The Morgan fingerprint density at radius 2 is 2.18 bits per heavy atom. The molecule has 1 amide bonds. The highest BCUT2D eigenvalue weighted by Crippen LogP contribution is 2.43. The van der Waals surface area contributed by atoms with E-state index in [2.05, 4.69) is 0 Å². The molecule has 1 aliphatic heterocycles. The summed E-state index contributed by atoms with van der Waals surface area (Å²) in [5.41, 5.74) is 5.67. The van der Waals surface area contributed by atoms with Crippen LogP contribution in [-0.2, 0) is 9.59 Å². The van der Waals surface area contributed by atoms with Gasteiger partial charge in [0.2, 0.25) is 5.91 Å². The van der Waals surface area contributed by atoms with Gasteiger partial charge in [0.25, 0.3) is 0 Å². The summed E-state index contributed by atoms with van der Waals surface area (Å²) < 4.78 is 0. The number of carboxylic acids is 1. The van der Waals surface area contributed by atoms with Gasteiger partial charge in [-0.2, -0.15) is 0 Å². The molecule has 0 bridgehead atoms. The molecule has 0 spiro atoms. The van der Waals surface area contributed by atoms with Crippen molar-refractivity contribution in [2.75, 3.05) is 18.2 Å². The van der Waals surface area contributed by atoms with E-state index < -0.39 is 12.0 Å². The molecule has 1 saturated heterocycles. The zero-order chi connectivity index (χ0) is 12.5. The highest BCUT2D eigenvalue weighted by atomic mass is 32.2. The van der Waals surface area contributed by atoms with E-state index in [1.807, 2.05) is 0 Å². The number of carbonyl (C=O) groups is 2. The van der Waals surface area contributed by atoms with Crippen molar-refractivity contribution in [2.24, 2.45) is 11.1 Å². The normalized spacial score (nSPS) is 26.6. The number of nitrogens with two attached hydrogens (primary N) is 1. The predicted octanol–water partition coefficient (Wildman–Crippen LogP) is 0.492. The molecule has 1 heterocycles. The number of nitrogens with zero attached hydrogens (tertiary/aromatic N) is 1. The van der Waals surface area contributed by atoms with E-state index in [9.17, 15) is 9.59 Å². The van der Waals surface area contributed by atoms with E-state index in [1.165, 1.54) is 16.7 Å². The van der Waals surface area contributed by atoms with E-state index in [0.717, 1.165) is 19.3 Å². The molecule has 3 N–H and O–H groups in total. The van der Waals surface area contributed by atoms with Crippen LogP contribution in [0.5, 0.6) is 0 Å². The van der Waals surface area contributed by atoms with E-state index >= 15 is 0 Å². The van der Waals surface area contributed by atoms with Gasteiger partial charge in [0, 0.05) is 12.2 Å². The minimum absolute atomic E-state index is 0.0482. The number of rotatable bonds is 4. The molecule has 0 aromatic heterocycles. The highest BCUT2D eigenvalue weighted by molar-refractivity contribution is 7.99. The van der Waals surface area contributed by atoms with Crippen molar-refractivity contribution in [1.82, 2.24) is 4.90 Å². The molecular formula is C11H18N2O3S. The lowest BCUT2D eigenvalue weighted by atomic mass is 9.66. The van der Waals surface area contributed by atoms with Crippen LogP contribution in [-0.4, -0.2) is 46.1 Å². The van der Waals surface area contributed by atoms with Gasteiger partial charge in [-0.25, -0.2) is 4.79 Å². The Kier molecular flexibility index (Phi) is 3.63. The summed E-state index contributed by atoms with van der Waals surface area (Å²) >= 11 is 1.50. The number of aliphatic carboxylic acids is 1. The number of hydrogen-bond acceptors (Lipinski definition) is 4. The topological polar surface area (TPSA) is 83.6 Å². The van der Waals surface area contributed by atoms with Crippen molar-refractivity contribution in [2.45, 2.75) is 31.7 Å². The van der Waals surface area contributed by atoms with Crippen LogP contribution in [0.25, 0.3) is 0 Å². The first-order chi connectivity index (χ1) is 8.08. The Balaban J connectivity index is 1.97. The standard InChI is InChI=1S/C11H18N2O3S/c12-6-11(2-1-3-11)4-9(14)13-7-17-5-8(13)10(15)16/h8H,1-7,12H2,(H,15,16)/t8-/m0/s1. The number of thioether (sulfide) groups is 1. The smallest absolute Gasteiger partial charge is 0.327 e. The molecule has 2 rings (SSSR count). The SMILES string of the molecule is NCC1(CC(=O)N2CSC[C@H]2C(=O)O)CCC1. The lowest BCUT2D eigenvalue weighted by Gasteiger charge is -2.41. The maximum absolute atomic E-state index is 12.1. The molecular weight excluding hydrogens is 240 g/mol. The molecule has 6 heteroatoms. The molecule has 0 unspecified atom stereocenters. The maximum Gasteiger partial charge on any atom is 0.327 e. The molecule has 17 heavy (non-hydrogen) atoms. The molecule has 2 fully saturated rings. The number of carbonyl (C=O) groups excluding carboxylic acids is 1. The number of carboxylic acid groups (broad SMARTS) is 1. The molecule has 0 radical (unpaired) electrons. The third kappa shape index (κ3) is 2.42. The summed E-state index contributed by atoms with van der Waals surface area (Å²) in [5, 5.41) is 9.03. The fraction of sp³-hybridized carbons (Fsp3) is 0.818. The van der Waals surface area contributed by atoms with E-state index in [4.69, 9.17) is 10.8 Å². The summed E-state index contributed by atoms with van der Waals surface area (Å²) in [7, 11) is 0. The van der Waals surface area contributed by atoms with Gasteiger partial charge in [-0.05, 0) is 24.8 Å². The molecule has 0 aromatic carbocycles. The summed E-state index contributed by atoms with van der Waals surface area (Å²) in [6.45, 7) is 0.525. The van der Waals surface area contributed by atoms with E-state index in [0.29, 0.717) is 24.6 Å². The maximum atomic E-state index is 12.1. The van der Waals surface area contributed by atoms with Crippen LogP contribution in [0.2, 0.25) is 0 Å². The second-order valence-corrected chi connectivity index (χ2v) is 5.95. The third-order valence-corrected chi connectivity index (χ3v) is 4.87. The van der Waals surface area contributed by atoms with E-state index in [1.54, 1.807) is 0 Å². The largest absolute Gasteiger partial charge is 0.480 e. The summed E-state index contributed by atoms with van der Waals surface area (Å²) in [4.78, 5) is 24.6. The minimum Gasteiger partial charge on any atom is -0.480 e. The first-order valence-electron chi connectivity index (χ1n) is 5.88. The third-order valence-electron chi connectivity index (χ3n) is 3.86. The second kappa shape index (κ2) is 4.86. The second-order valence-electron chi connectivity index (χ2n) is 4.95. The summed E-state index contributed by atoms with van der Waals surface area (Å²) in [6.07, 6.45) is 3.53. The van der Waals surface area contributed by atoms with Crippen LogP contribution in [0.1, 0.15) is 25.7 Å². The van der Waals surface area contributed by atoms with Gasteiger partial charge < -0.3 is 15.7 Å². The molecule has 2 aliphatic rings. The van der Waals surface area contributed by atoms with Gasteiger partial charge in [-0.1, -0.05) is 6.42 Å². The number of hydrogen-bond donors (Lipinski definition) is 2. The summed E-state index contributed by atoms with van der Waals surface area (Å²) in [5.74, 6) is 0.0407. The van der Waals surface area contributed by atoms with Crippen molar-refractivity contribution in [3.8, 4) is 0 Å². The van der Waals surface area contributed by atoms with Crippen LogP contribution >= 0.6 is 11.8 Å². The molecule has 1 aliphatic carbocycles. The van der Waals surface area contributed by atoms with Crippen molar-refractivity contribution in [3.05, 3.63) is 0 Å². The average molecular weight is 258 g/mol. The lowest BCUT2D eigenvalue weighted by molar-refractivity contribution is -0.149. The van der Waals surface area contributed by atoms with Gasteiger partial charge in [0.1, 0.15) is 6.04 Å². The average Bonchev–Trinajstić information content (AvgIpc) is 2.72. The van der Waals surface area contributed by atoms with Crippen LogP contribution in [0.3, 0.4) is 0 Å². The molecule has 96 valence electrons. The van der Waals surface area contributed by atoms with E-state index in [-0.39, 0.29) is 11.3 Å². The zero-order valence-corrected chi connectivity index (χ0v) is 10.5. The van der Waals surface area contributed by atoms with Crippen LogP contribution in [0, 0.1) is 5.41 Å². The van der Waals surface area contributed by atoms with Gasteiger partial charge in [0.15, 0.2) is 0 Å². The zero-order valence-electron chi connectivity index (χ0n) is 9.72. The minimum atomic E-state index is -0.904. The molecule has 1 atom stereocenters. The fourth-order valence-electron chi connectivity index (χ4n) is 2.45. The molecule has 0 aromatic rings. The van der Waals surface area contributed by atoms with Crippen LogP contribution in [0.4, 0.5) is 0 Å². The van der Waals surface area contributed by atoms with Gasteiger partial charge in [-0.3, -0.25) is 4.79 Å². The Hall–Kier alpha value is -0.750. The highest BCUT2D eigenvalue weighted by Gasteiger charge is 2.42. The molecule has 1 saturated carbocycles. The molecule has 5 nitrogen and oxygen atoms in total. The predicted molar refractivity (Wildman–Crippen MR) is 65.6 cm³/mol. The Morgan fingerprint density at radius 1 is 1.47 bits per heavy atom. The Bertz CT molecular complexity index is 325. The number of amides is 1. The van der Waals surface area contributed by atoms with Crippen molar-refractivity contribution in [1.29, 1.82) is 0 Å². The quantitative estimate of drug-likeness (QED) is 0.767.